The third-order valence-corrected chi connectivity index (χ3v) is 6.93. The Morgan fingerprint density at radius 1 is 1.12 bits per heavy atom. The number of imidazole rings is 1. The first-order valence-corrected chi connectivity index (χ1v) is 12.5. The Labute approximate surface area is 197 Å². The number of piperazine rings is 1. The standard InChI is InChI=1S/C23H29N7O2S/c1-31-17-8-6-16(7-9-17)19-20-21(30(15-25-20)18-5-3-4-14-32-18)27-23(26-19)29-12-10-28(11-13-29)22(24)33-2/h6-9,15,18,24H,3-5,10-14H2,1-2H3. The Kier molecular flexibility index (Phi) is 6.37. The number of amidine groups is 1. The molecule has 5 rings (SSSR count). The minimum absolute atomic E-state index is 0.0471. The number of hydrogen-bond donors (Lipinski definition) is 1. The predicted octanol–water partition coefficient (Wildman–Crippen LogP) is 3.62. The van der Waals surface area contributed by atoms with Crippen molar-refractivity contribution in [1.82, 2.24) is 24.4 Å². The van der Waals surface area contributed by atoms with Crippen LogP contribution in [0.2, 0.25) is 0 Å². The number of anilines is 1. The first kappa shape index (κ1) is 22.0. The molecule has 2 aliphatic rings. The van der Waals surface area contributed by atoms with E-state index in [1.54, 1.807) is 7.11 Å². The average molecular weight is 468 g/mol. The predicted molar refractivity (Wildman–Crippen MR) is 131 cm³/mol. The number of nitrogens with zero attached hydrogens (tertiary/aromatic N) is 6. The van der Waals surface area contributed by atoms with Crippen LogP contribution in [0.15, 0.2) is 30.6 Å². The highest BCUT2D eigenvalue weighted by atomic mass is 32.2. The summed E-state index contributed by atoms with van der Waals surface area (Å²) in [6.45, 7) is 3.86. The van der Waals surface area contributed by atoms with Crippen molar-refractivity contribution < 1.29 is 9.47 Å². The molecule has 1 atom stereocenters. The lowest BCUT2D eigenvalue weighted by Gasteiger charge is -2.35. The van der Waals surface area contributed by atoms with E-state index in [-0.39, 0.29) is 6.23 Å². The lowest BCUT2D eigenvalue weighted by Crippen LogP contribution is -2.48. The maximum atomic E-state index is 8.11. The maximum Gasteiger partial charge on any atom is 0.228 e. The fraction of sp³-hybridized carbons (Fsp3) is 0.478. The van der Waals surface area contributed by atoms with Crippen LogP contribution in [0, 0.1) is 5.41 Å². The van der Waals surface area contributed by atoms with E-state index < -0.39 is 0 Å². The number of thioether (sulfide) groups is 1. The zero-order valence-electron chi connectivity index (χ0n) is 19.0. The van der Waals surface area contributed by atoms with Crippen LogP contribution in [0.25, 0.3) is 22.4 Å². The molecule has 2 fully saturated rings. The molecule has 10 heteroatoms. The van der Waals surface area contributed by atoms with E-state index in [0.29, 0.717) is 11.1 Å². The number of methoxy groups -OCH3 is 1. The Balaban J connectivity index is 1.55. The van der Waals surface area contributed by atoms with Gasteiger partial charge in [-0.15, -0.1) is 0 Å². The third kappa shape index (κ3) is 4.37. The molecule has 3 aromatic rings. The Bertz CT molecular complexity index is 1120. The number of aromatic nitrogens is 4. The minimum atomic E-state index is -0.0471. The van der Waals surface area contributed by atoms with Gasteiger partial charge >= 0.3 is 0 Å². The molecule has 0 spiro atoms. The van der Waals surface area contributed by atoms with Crippen LogP contribution in [0.1, 0.15) is 25.5 Å². The maximum absolute atomic E-state index is 8.11. The lowest BCUT2D eigenvalue weighted by molar-refractivity contribution is -0.0298. The molecule has 33 heavy (non-hydrogen) atoms. The number of ether oxygens (including phenoxy) is 2. The molecule has 2 saturated heterocycles. The first-order valence-electron chi connectivity index (χ1n) is 11.3. The molecule has 4 heterocycles. The van der Waals surface area contributed by atoms with Crippen molar-refractivity contribution in [3.8, 4) is 17.0 Å². The summed E-state index contributed by atoms with van der Waals surface area (Å²) in [7, 11) is 1.66. The van der Waals surface area contributed by atoms with Gasteiger partial charge in [-0.1, -0.05) is 11.8 Å². The van der Waals surface area contributed by atoms with Crippen LogP contribution in [-0.2, 0) is 4.74 Å². The smallest absolute Gasteiger partial charge is 0.228 e. The average Bonchev–Trinajstić information content (AvgIpc) is 3.32. The zero-order valence-corrected chi connectivity index (χ0v) is 19.8. The summed E-state index contributed by atoms with van der Waals surface area (Å²) in [6.07, 6.45) is 6.92. The number of benzene rings is 1. The molecular weight excluding hydrogens is 438 g/mol. The van der Waals surface area contributed by atoms with E-state index in [1.807, 2.05) is 36.8 Å². The largest absolute Gasteiger partial charge is 0.497 e. The number of nitrogens with one attached hydrogen (secondary N) is 1. The van der Waals surface area contributed by atoms with Crippen LogP contribution < -0.4 is 9.64 Å². The van der Waals surface area contributed by atoms with E-state index in [2.05, 4.69) is 14.4 Å². The van der Waals surface area contributed by atoms with Crippen LogP contribution in [-0.4, -0.2) is 75.7 Å². The second-order valence-corrected chi connectivity index (χ2v) is 9.02. The molecule has 0 bridgehead atoms. The molecule has 1 unspecified atom stereocenters. The van der Waals surface area contributed by atoms with E-state index in [1.165, 1.54) is 11.8 Å². The van der Waals surface area contributed by atoms with Gasteiger partial charge in [0.15, 0.2) is 10.8 Å². The molecule has 2 aromatic heterocycles. The number of hydrogen-bond acceptors (Lipinski definition) is 8. The van der Waals surface area contributed by atoms with Crippen molar-refractivity contribution in [2.24, 2.45) is 0 Å². The SMILES string of the molecule is COc1ccc(-c2nc(N3CCN(C(=N)SC)CC3)nc3c2ncn3C2CCCCO2)cc1. The fourth-order valence-electron chi connectivity index (χ4n) is 4.39. The highest BCUT2D eigenvalue weighted by Crippen LogP contribution is 2.32. The van der Waals surface area contributed by atoms with E-state index >= 15 is 0 Å². The highest BCUT2D eigenvalue weighted by Gasteiger charge is 2.25. The van der Waals surface area contributed by atoms with Crippen molar-refractivity contribution in [3.63, 3.8) is 0 Å². The van der Waals surface area contributed by atoms with Gasteiger partial charge in [0, 0.05) is 38.3 Å². The summed E-state index contributed by atoms with van der Waals surface area (Å²) in [5.74, 6) is 1.50. The van der Waals surface area contributed by atoms with Gasteiger partial charge in [0.25, 0.3) is 0 Å². The second kappa shape index (κ2) is 9.56. The highest BCUT2D eigenvalue weighted by molar-refractivity contribution is 8.13. The van der Waals surface area contributed by atoms with Gasteiger partial charge in [-0.05, 0) is 49.8 Å². The summed E-state index contributed by atoms with van der Waals surface area (Å²) in [4.78, 5) is 19.0. The molecule has 0 amide bonds. The quantitative estimate of drug-likeness (QED) is 0.459. The molecule has 0 radical (unpaired) electrons. The van der Waals surface area contributed by atoms with Crippen molar-refractivity contribution in [1.29, 1.82) is 5.41 Å². The van der Waals surface area contributed by atoms with Gasteiger partial charge in [0.05, 0.1) is 13.4 Å². The van der Waals surface area contributed by atoms with Crippen molar-refractivity contribution in [2.45, 2.75) is 25.5 Å². The number of rotatable bonds is 4. The monoisotopic (exact) mass is 467 g/mol. The van der Waals surface area contributed by atoms with Gasteiger partial charge in [-0.25, -0.2) is 9.97 Å². The van der Waals surface area contributed by atoms with Crippen molar-refractivity contribution in [3.05, 3.63) is 30.6 Å². The fourth-order valence-corrected chi connectivity index (χ4v) is 4.83. The summed E-state index contributed by atoms with van der Waals surface area (Å²) < 4.78 is 13.4. The molecule has 0 aliphatic carbocycles. The molecule has 9 nitrogen and oxygen atoms in total. The van der Waals surface area contributed by atoms with Crippen LogP contribution >= 0.6 is 11.8 Å². The van der Waals surface area contributed by atoms with Crippen molar-refractivity contribution in [2.75, 3.05) is 51.1 Å². The van der Waals surface area contributed by atoms with Gasteiger partial charge in [-0.3, -0.25) is 9.98 Å². The Hall–Kier alpha value is -2.85. The normalized spacial score (nSPS) is 19.2. The third-order valence-electron chi connectivity index (χ3n) is 6.28. The summed E-state index contributed by atoms with van der Waals surface area (Å²) in [6, 6.07) is 7.91. The van der Waals surface area contributed by atoms with E-state index in [9.17, 15) is 0 Å². The van der Waals surface area contributed by atoms with Gasteiger partial charge in [0.2, 0.25) is 5.95 Å². The summed E-state index contributed by atoms with van der Waals surface area (Å²) >= 11 is 1.48. The van der Waals surface area contributed by atoms with E-state index in [4.69, 9.17) is 29.8 Å². The number of fused-ring (bicyclic) bond motifs is 1. The Morgan fingerprint density at radius 2 is 1.91 bits per heavy atom. The topological polar surface area (TPSA) is 92.4 Å². The van der Waals surface area contributed by atoms with Crippen LogP contribution in [0.4, 0.5) is 5.95 Å². The van der Waals surface area contributed by atoms with Crippen LogP contribution in [0.5, 0.6) is 5.75 Å². The minimum Gasteiger partial charge on any atom is -0.497 e. The van der Waals surface area contributed by atoms with Gasteiger partial charge in [-0.2, -0.15) is 4.98 Å². The molecule has 174 valence electrons. The molecule has 1 aromatic carbocycles. The Morgan fingerprint density at radius 3 is 2.58 bits per heavy atom. The molecular formula is C23H29N7O2S. The lowest BCUT2D eigenvalue weighted by atomic mass is 10.1. The first-order chi connectivity index (χ1) is 16.2. The van der Waals surface area contributed by atoms with Gasteiger partial charge < -0.3 is 19.3 Å². The molecule has 2 aliphatic heterocycles. The van der Waals surface area contributed by atoms with Gasteiger partial charge in [0.1, 0.15) is 23.2 Å². The van der Waals surface area contributed by atoms with Crippen molar-refractivity contribution >= 4 is 34.0 Å². The molecule has 0 saturated carbocycles. The van der Waals surface area contributed by atoms with E-state index in [0.717, 1.165) is 80.2 Å². The summed E-state index contributed by atoms with van der Waals surface area (Å²) in [5, 5.41) is 8.72. The second-order valence-electron chi connectivity index (χ2n) is 8.23. The summed E-state index contributed by atoms with van der Waals surface area (Å²) in [5.41, 5.74) is 3.37. The zero-order chi connectivity index (χ0) is 22.8. The van der Waals surface area contributed by atoms with Crippen LogP contribution in [0.3, 0.4) is 0 Å². The molecule has 1 N–H and O–H groups in total.